The molecule has 0 radical (unpaired) electrons. The van der Waals surface area contributed by atoms with Gasteiger partial charge in [0.25, 0.3) is 0 Å². The smallest absolute Gasteiger partial charge is 0.349 e. The van der Waals surface area contributed by atoms with Crippen LogP contribution in [0.15, 0.2) is 9.79 Å². The van der Waals surface area contributed by atoms with Crippen LogP contribution in [-0.4, -0.2) is 45.8 Å². The predicted octanol–water partition coefficient (Wildman–Crippen LogP) is 1.99. The summed E-state index contributed by atoms with van der Waals surface area (Å²) >= 11 is 0. The van der Waals surface area contributed by atoms with Crippen molar-refractivity contribution in [2.75, 3.05) is 5.73 Å². The molecule has 4 rings (SSSR count). The fraction of sp³-hybridized carbons (Fsp3) is 0.400. The zero-order chi connectivity index (χ0) is 24.2. The van der Waals surface area contributed by atoms with E-state index in [4.69, 9.17) is 11.5 Å². The number of nitrogens with two attached hydrogens (primary N) is 2. The lowest BCUT2D eigenvalue weighted by Crippen LogP contribution is -2.19. The number of H-pyrrole nitrogens is 3. The van der Waals surface area contributed by atoms with Crippen LogP contribution >= 0.6 is 0 Å². The van der Waals surface area contributed by atoms with E-state index in [1.54, 1.807) is 13.8 Å². The topological polar surface area (TPSA) is 185 Å². The minimum Gasteiger partial charge on any atom is -0.387 e. The van der Waals surface area contributed by atoms with E-state index in [0.717, 1.165) is 33.8 Å². The zero-order valence-corrected chi connectivity index (χ0v) is 19.7. The van der Waals surface area contributed by atoms with Gasteiger partial charge in [-0.05, 0) is 55.4 Å². The van der Waals surface area contributed by atoms with Crippen molar-refractivity contribution >= 4 is 23.1 Å². The Morgan fingerprint density at radius 3 is 1.97 bits per heavy atom. The number of nitrogens with one attached hydrogen (secondary N) is 3. The number of hydrogen-bond acceptors (Lipinski definition) is 7. The van der Waals surface area contributed by atoms with Crippen molar-refractivity contribution in [3.8, 4) is 0 Å². The summed E-state index contributed by atoms with van der Waals surface area (Å²) in [5, 5.41) is 17.4. The number of aromatic nitrogens is 8. The van der Waals surface area contributed by atoms with E-state index < -0.39 is 0 Å². The number of fused-ring (bicyclic) bond motifs is 1. The molecule has 0 aliphatic rings. The third-order valence-corrected chi connectivity index (χ3v) is 4.88. The third-order valence-electron chi connectivity index (χ3n) is 4.88. The molecule has 0 aromatic carbocycles. The van der Waals surface area contributed by atoms with Gasteiger partial charge in [-0.2, -0.15) is 19.8 Å². The minimum atomic E-state index is -0.237. The van der Waals surface area contributed by atoms with E-state index in [0.29, 0.717) is 28.9 Å². The van der Waals surface area contributed by atoms with Gasteiger partial charge >= 0.3 is 5.69 Å². The van der Waals surface area contributed by atoms with Gasteiger partial charge in [0.05, 0.1) is 11.5 Å². The van der Waals surface area contributed by atoms with Gasteiger partial charge in [-0.1, -0.05) is 0 Å². The van der Waals surface area contributed by atoms with Crippen molar-refractivity contribution in [3.05, 3.63) is 50.1 Å². The molecule has 0 atom stereocenters. The van der Waals surface area contributed by atoms with E-state index in [1.165, 1.54) is 4.52 Å². The van der Waals surface area contributed by atoms with Crippen LogP contribution in [0.25, 0.3) is 5.65 Å². The summed E-state index contributed by atoms with van der Waals surface area (Å²) in [6.07, 6.45) is 0. The first kappa shape index (κ1) is 24.3. The summed E-state index contributed by atoms with van der Waals surface area (Å²) in [5.74, 6) is 2.42. The number of nitrogens with zero attached hydrogens (tertiary/aromatic N) is 6. The summed E-state index contributed by atoms with van der Waals surface area (Å²) < 4.78 is 1.29. The zero-order valence-electron chi connectivity index (χ0n) is 19.7. The van der Waals surface area contributed by atoms with Crippen LogP contribution in [-0.2, 0) is 0 Å². The van der Waals surface area contributed by atoms with Gasteiger partial charge in [-0.3, -0.25) is 15.2 Å². The molecule has 0 aliphatic heterocycles. The molecule has 7 N–H and O–H groups in total. The number of amidine groups is 1. The van der Waals surface area contributed by atoms with E-state index in [9.17, 15) is 4.79 Å². The highest BCUT2D eigenvalue weighted by Crippen LogP contribution is 2.16. The first-order valence-corrected chi connectivity index (χ1v) is 9.94. The molecular formula is C20H31N11O. The quantitative estimate of drug-likeness (QED) is 0.221. The minimum absolute atomic E-state index is 0.237. The molecule has 4 heterocycles. The lowest BCUT2D eigenvalue weighted by Gasteiger charge is -1.93. The molecule has 172 valence electrons. The molecule has 0 saturated heterocycles. The maximum absolute atomic E-state index is 11.4. The molecule has 0 amide bonds. The van der Waals surface area contributed by atoms with E-state index in [2.05, 4.69) is 40.5 Å². The molecule has 12 nitrogen and oxygen atoms in total. The third kappa shape index (κ3) is 5.59. The Hall–Kier alpha value is -3.96. The monoisotopic (exact) mass is 441 g/mol. The average molecular weight is 442 g/mol. The number of rotatable bonds is 1. The first-order valence-electron chi connectivity index (χ1n) is 9.94. The van der Waals surface area contributed by atoms with Gasteiger partial charge in [-0.15, -0.1) is 0 Å². The Labute approximate surface area is 185 Å². The molecule has 32 heavy (non-hydrogen) atoms. The van der Waals surface area contributed by atoms with Gasteiger partial charge in [0.1, 0.15) is 11.6 Å². The Morgan fingerprint density at radius 2 is 1.53 bits per heavy atom. The van der Waals surface area contributed by atoms with Crippen molar-refractivity contribution in [2.45, 2.75) is 55.4 Å². The van der Waals surface area contributed by atoms with Crippen molar-refractivity contribution in [1.82, 2.24) is 40.0 Å². The highest BCUT2D eigenvalue weighted by molar-refractivity contribution is 5.80. The lowest BCUT2D eigenvalue weighted by molar-refractivity contribution is 0.810. The Kier molecular flexibility index (Phi) is 7.52. The number of aliphatic imine (C=N–C) groups is 1. The molecule has 4 aromatic rings. The maximum atomic E-state index is 11.4. The summed E-state index contributed by atoms with van der Waals surface area (Å²) in [6, 6.07) is 0. The standard InChI is InChI=1S/C8H10N4O.C7H12N4.C5H9N3/c1-4-5(2)11-12-7(4)9-6(3)10-8(12)13;1-4-5(2)10-11-7(4)9-6(3)8;1-3-4(2)7-8-5(3)6/h1-3H3,(H,9,10,13);1-3H3,(H3,8,9,10,11);1-2H3,(H3,6,7,8). The van der Waals surface area contributed by atoms with Crippen LogP contribution in [0.1, 0.15) is 46.5 Å². The fourth-order valence-corrected chi connectivity index (χ4v) is 2.51. The second-order valence-corrected chi connectivity index (χ2v) is 7.48. The lowest BCUT2D eigenvalue weighted by atomic mass is 10.3. The summed E-state index contributed by atoms with van der Waals surface area (Å²) in [4.78, 5) is 22.2. The summed E-state index contributed by atoms with van der Waals surface area (Å²) in [6.45, 7) is 15.1. The Bertz CT molecular complexity index is 1280. The number of hydrogen-bond donors (Lipinski definition) is 5. The van der Waals surface area contributed by atoms with E-state index >= 15 is 0 Å². The van der Waals surface area contributed by atoms with Crippen LogP contribution in [0.3, 0.4) is 0 Å². The van der Waals surface area contributed by atoms with Gasteiger partial charge in [0.15, 0.2) is 11.5 Å². The average Bonchev–Trinajstić information content (AvgIpc) is 3.30. The van der Waals surface area contributed by atoms with Gasteiger partial charge in [0.2, 0.25) is 0 Å². The summed E-state index contributed by atoms with van der Waals surface area (Å²) in [7, 11) is 0. The van der Waals surface area contributed by atoms with Crippen LogP contribution in [0.2, 0.25) is 0 Å². The van der Waals surface area contributed by atoms with Crippen molar-refractivity contribution < 1.29 is 0 Å². The van der Waals surface area contributed by atoms with E-state index in [-0.39, 0.29) is 5.69 Å². The molecular weight excluding hydrogens is 410 g/mol. The second kappa shape index (κ2) is 9.90. The van der Waals surface area contributed by atoms with Crippen LogP contribution < -0.4 is 17.2 Å². The van der Waals surface area contributed by atoms with Gasteiger partial charge in [-0.25, -0.2) is 14.8 Å². The number of nitrogen functional groups attached to an aromatic ring is 1. The first-order chi connectivity index (χ1) is 14.9. The van der Waals surface area contributed by atoms with E-state index in [1.807, 2.05) is 41.5 Å². The molecule has 0 aliphatic carbocycles. The van der Waals surface area contributed by atoms with Crippen LogP contribution in [0, 0.1) is 48.5 Å². The predicted molar refractivity (Wildman–Crippen MR) is 125 cm³/mol. The maximum Gasteiger partial charge on any atom is 0.349 e. The van der Waals surface area contributed by atoms with Gasteiger partial charge in [0, 0.05) is 28.1 Å². The van der Waals surface area contributed by atoms with Crippen molar-refractivity contribution in [3.63, 3.8) is 0 Å². The fourth-order valence-electron chi connectivity index (χ4n) is 2.51. The summed E-state index contributed by atoms with van der Waals surface area (Å²) in [5.41, 5.74) is 17.2. The number of aryl methyl sites for hydroxylation is 5. The SMILES string of the molecule is CC(N)=Nc1n[nH]c(C)c1C.Cc1[nH]nc(N)c1C.Cc1nc2c(C)c(C)nn2c(=O)[nH]1. The van der Waals surface area contributed by atoms with Crippen molar-refractivity contribution in [1.29, 1.82) is 0 Å². The van der Waals surface area contributed by atoms with Crippen molar-refractivity contribution in [2.24, 2.45) is 10.7 Å². The van der Waals surface area contributed by atoms with Crippen LogP contribution in [0.4, 0.5) is 11.6 Å². The molecule has 12 heteroatoms. The molecule has 0 unspecified atom stereocenters. The number of aromatic amines is 3. The number of anilines is 1. The molecule has 4 aromatic heterocycles. The second-order valence-electron chi connectivity index (χ2n) is 7.48. The normalized spacial score (nSPS) is 11.1. The molecule has 0 spiro atoms. The Morgan fingerprint density at radius 1 is 0.938 bits per heavy atom. The molecule has 0 fully saturated rings. The van der Waals surface area contributed by atoms with Crippen LogP contribution in [0.5, 0.6) is 0 Å². The Balaban J connectivity index is 0.000000175. The molecule has 0 bridgehead atoms. The van der Waals surface area contributed by atoms with Gasteiger partial charge < -0.3 is 11.5 Å². The highest BCUT2D eigenvalue weighted by atomic mass is 16.1. The largest absolute Gasteiger partial charge is 0.387 e. The highest BCUT2D eigenvalue weighted by Gasteiger charge is 2.08. The molecule has 0 saturated carbocycles.